The molecule has 0 aliphatic carbocycles. The summed E-state index contributed by atoms with van der Waals surface area (Å²) in [5.74, 6) is 0.0187. The summed E-state index contributed by atoms with van der Waals surface area (Å²) in [7, 11) is -3.50. The number of aromatic hydroxyl groups is 1. The highest BCUT2D eigenvalue weighted by atomic mass is 79.9. The van der Waals surface area contributed by atoms with Crippen LogP contribution in [0.25, 0.3) is 11.6 Å². The van der Waals surface area contributed by atoms with Crippen molar-refractivity contribution in [2.45, 2.75) is 44.0 Å². The highest BCUT2D eigenvalue weighted by Crippen LogP contribution is 2.35. The van der Waals surface area contributed by atoms with E-state index < -0.39 is 27.8 Å². The Bertz CT molecular complexity index is 1110. The average molecular weight is 522 g/mol. The molecule has 1 aliphatic heterocycles. The standard InChI is InChI=1S/C24H28BrNO5S/c1-2-5-17-15-32(30,31)23(14-27)24(17)22(29)9-7-16(20-6-3-4-11-26-20)12-18-13-19(25)8-10-21(18)28/h3-4,6,8,10-13,22-23,27-29H,2,5,7,9,14-15H2,1H3/b16-12-/t22-,23+/m1/s1. The second-order valence-electron chi connectivity index (χ2n) is 7.93. The number of aromatic nitrogens is 1. The maximum atomic E-state index is 12.5. The van der Waals surface area contributed by atoms with Crippen LogP contribution < -0.4 is 0 Å². The van der Waals surface area contributed by atoms with Crippen LogP contribution in [0.1, 0.15) is 43.9 Å². The summed E-state index contributed by atoms with van der Waals surface area (Å²) in [5.41, 5.74) is 3.28. The number of aliphatic hydroxyl groups excluding tert-OH is 2. The van der Waals surface area contributed by atoms with Crippen molar-refractivity contribution in [3.8, 4) is 5.75 Å². The van der Waals surface area contributed by atoms with E-state index in [4.69, 9.17) is 0 Å². The van der Waals surface area contributed by atoms with E-state index in [2.05, 4.69) is 20.9 Å². The summed E-state index contributed by atoms with van der Waals surface area (Å²) < 4.78 is 25.8. The number of halogens is 1. The van der Waals surface area contributed by atoms with Crippen molar-refractivity contribution in [3.63, 3.8) is 0 Å². The zero-order valence-electron chi connectivity index (χ0n) is 17.9. The summed E-state index contributed by atoms with van der Waals surface area (Å²) in [5, 5.41) is 30.0. The molecule has 3 rings (SSSR count). The van der Waals surface area contributed by atoms with E-state index in [1.165, 1.54) is 0 Å². The van der Waals surface area contributed by atoms with Gasteiger partial charge in [-0.2, -0.15) is 0 Å². The van der Waals surface area contributed by atoms with Gasteiger partial charge in [0.1, 0.15) is 11.0 Å². The second-order valence-corrected chi connectivity index (χ2v) is 11.0. The van der Waals surface area contributed by atoms with Crippen LogP contribution >= 0.6 is 15.9 Å². The maximum absolute atomic E-state index is 12.5. The fourth-order valence-electron chi connectivity index (χ4n) is 4.13. The molecule has 0 unspecified atom stereocenters. The monoisotopic (exact) mass is 521 g/mol. The molecule has 1 aromatic carbocycles. The van der Waals surface area contributed by atoms with Crippen molar-refractivity contribution in [2.75, 3.05) is 12.4 Å². The lowest BCUT2D eigenvalue weighted by molar-refractivity contribution is 0.190. The van der Waals surface area contributed by atoms with Crippen LogP contribution in [0.15, 0.2) is 58.2 Å². The highest BCUT2D eigenvalue weighted by molar-refractivity contribution is 9.10. The Morgan fingerprint density at radius 2 is 2.09 bits per heavy atom. The Morgan fingerprint density at radius 1 is 1.31 bits per heavy atom. The van der Waals surface area contributed by atoms with E-state index in [0.29, 0.717) is 35.2 Å². The minimum absolute atomic E-state index is 0.104. The molecule has 0 radical (unpaired) electrons. The van der Waals surface area contributed by atoms with E-state index in [0.717, 1.165) is 16.5 Å². The zero-order chi connectivity index (χ0) is 23.3. The summed E-state index contributed by atoms with van der Waals surface area (Å²) in [6.07, 6.45) is 4.53. The van der Waals surface area contributed by atoms with Gasteiger partial charge >= 0.3 is 0 Å². The molecular weight excluding hydrogens is 494 g/mol. The highest BCUT2D eigenvalue weighted by Gasteiger charge is 2.40. The van der Waals surface area contributed by atoms with E-state index >= 15 is 0 Å². The molecule has 172 valence electrons. The van der Waals surface area contributed by atoms with Gasteiger partial charge in [-0.15, -0.1) is 0 Å². The van der Waals surface area contributed by atoms with E-state index in [1.807, 2.05) is 31.2 Å². The van der Waals surface area contributed by atoms with Crippen LogP contribution in [-0.4, -0.2) is 52.4 Å². The largest absolute Gasteiger partial charge is 0.507 e. The minimum atomic E-state index is -3.50. The molecule has 6 nitrogen and oxygen atoms in total. The summed E-state index contributed by atoms with van der Waals surface area (Å²) in [6.45, 7) is 1.43. The quantitative estimate of drug-likeness (QED) is 0.428. The fourth-order valence-corrected chi connectivity index (χ4v) is 6.45. The molecule has 32 heavy (non-hydrogen) atoms. The third-order valence-corrected chi connectivity index (χ3v) is 8.16. The second kappa shape index (κ2) is 10.7. The first kappa shape index (κ1) is 24.6. The van der Waals surface area contributed by atoms with E-state index in [1.54, 1.807) is 24.4 Å². The van der Waals surface area contributed by atoms with Crippen molar-refractivity contribution in [1.82, 2.24) is 4.98 Å². The number of allylic oxidation sites excluding steroid dienone is 1. The number of aliphatic hydroxyl groups is 2. The first-order chi connectivity index (χ1) is 15.3. The van der Waals surface area contributed by atoms with Gasteiger partial charge in [0.05, 0.1) is 24.2 Å². The molecule has 0 saturated heterocycles. The average Bonchev–Trinajstić information content (AvgIpc) is 3.03. The van der Waals surface area contributed by atoms with Crippen LogP contribution in [0.3, 0.4) is 0 Å². The number of nitrogens with zero attached hydrogens (tertiary/aromatic N) is 1. The van der Waals surface area contributed by atoms with Gasteiger partial charge in [-0.1, -0.05) is 40.9 Å². The maximum Gasteiger partial charge on any atom is 0.163 e. The predicted octanol–water partition coefficient (Wildman–Crippen LogP) is 4.12. The van der Waals surface area contributed by atoms with Gasteiger partial charge < -0.3 is 15.3 Å². The Labute approximate surface area is 197 Å². The molecule has 0 saturated carbocycles. The molecule has 0 bridgehead atoms. The van der Waals surface area contributed by atoms with Gasteiger partial charge in [0.25, 0.3) is 0 Å². The molecule has 3 N–H and O–H groups in total. The first-order valence-corrected chi connectivity index (χ1v) is 13.1. The Morgan fingerprint density at radius 3 is 2.75 bits per heavy atom. The van der Waals surface area contributed by atoms with Crippen LogP contribution in [-0.2, 0) is 9.84 Å². The lowest BCUT2D eigenvalue weighted by atomic mass is 9.92. The number of rotatable bonds is 9. The smallest absolute Gasteiger partial charge is 0.163 e. The number of hydrogen-bond acceptors (Lipinski definition) is 6. The zero-order valence-corrected chi connectivity index (χ0v) is 20.3. The number of hydrogen-bond donors (Lipinski definition) is 3. The molecule has 8 heteroatoms. The van der Waals surface area contributed by atoms with E-state index in [-0.39, 0.29) is 17.9 Å². The van der Waals surface area contributed by atoms with Gasteiger partial charge in [0.15, 0.2) is 9.84 Å². The van der Waals surface area contributed by atoms with Gasteiger partial charge in [-0.3, -0.25) is 4.98 Å². The summed E-state index contributed by atoms with van der Waals surface area (Å²) in [6, 6.07) is 10.7. The number of pyridine rings is 1. The van der Waals surface area contributed by atoms with Crippen molar-refractivity contribution in [2.24, 2.45) is 0 Å². The third-order valence-electron chi connectivity index (χ3n) is 5.64. The van der Waals surface area contributed by atoms with Crippen molar-refractivity contribution in [1.29, 1.82) is 0 Å². The molecule has 2 aromatic rings. The number of benzene rings is 1. The Hall–Kier alpha value is -2.00. The normalized spacial score (nSPS) is 19.4. The summed E-state index contributed by atoms with van der Waals surface area (Å²) in [4.78, 5) is 4.41. The molecule has 2 atom stereocenters. The van der Waals surface area contributed by atoms with Crippen molar-refractivity contribution < 1.29 is 23.7 Å². The van der Waals surface area contributed by atoms with Crippen molar-refractivity contribution >= 4 is 37.4 Å². The lowest BCUT2D eigenvalue weighted by Crippen LogP contribution is -2.29. The molecule has 2 heterocycles. The van der Waals surface area contributed by atoms with Crippen molar-refractivity contribution in [3.05, 3.63) is 69.5 Å². The lowest BCUT2D eigenvalue weighted by Gasteiger charge is -2.20. The Kier molecular flexibility index (Phi) is 8.27. The van der Waals surface area contributed by atoms with Crippen LogP contribution in [0, 0.1) is 0 Å². The molecule has 1 aliphatic rings. The molecule has 0 amide bonds. The topological polar surface area (TPSA) is 108 Å². The van der Waals surface area contributed by atoms with Gasteiger partial charge in [0.2, 0.25) is 0 Å². The predicted molar refractivity (Wildman–Crippen MR) is 130 cm³/mol. The van der Waals surface area contributed by atoms with Crippen LogP contribution in [0.4, 0.5) is 0 Å². The van der Waals surface area contributed by atoms with Gasteiger partial charge in [-0.25, -0.2) is 8.42 Å². The number of sulfone groups is 1. The van der Waals surface area contributed by atoms with Crippen LogP contribution in [0.2, 0.25) is 0 Å². The SMILES string of the molecule is CCCC1=C([C@H](O)CC/C(=C/c2cc(Br)ccc2O)c2ccccn2)[C@H](CO)S(=O)(=O)C1. The minimum Gasteiger partial charge on any atom is -0.507 e. The number of phenolic OH excluding ortho intramolecular Hbond substituents is 1. The first-order valence-electron chi connectivity index (χ1n) is 10.6. The molecular formula is C24H28BrNO5S. The molecule has 1 aromatic heterocycles. The Balaban J connectivity index is 1.91. The molecule has 0 fully saturated rings. The third kappa shape index (κ3) is 5.67. The summed E-state index contributed by atoms with van der Waals surface area (Å²) >= 11 is 3.41. The number of phenols is 1. The van der Waals surface area contributed by atoms with Crippen LogP contribution in [0.5, 0.6) is 5.75 Å². The fraction of sp³-hybridized carbons (Fsp3) is 0.375. The molecule has 0 spiro atoms. The van der Waals surface area contributed by atoms with E-state index in [9.17, 15) is 23.7 Å². The van der Waals surface area contributed by atoms with Gasteiger partial charge in [0, 0.05) is 16.2 Å². The van der Waals surface area contributed by atoms with Gasteiger partial charge in [-0.05, 0) is 66.8 Å².